The van der Waals surface area contributed by atoms with Crippen LogP contribution >= 0.6 is 0 Å². The Morgan fingerprint density at radius 3 is 2.50 bits per heavy atom. The molecule has 0 atom stereocenters. The zero-order chi connectivity index (χ0) is 11.5. The summed E-state index contributed by atoms with van der Waals surface area (Å²) in [6.07, 6.45) is 0. The highest BCUT2D eigenvalue weighted by Gasteiger charge is 2.06. The van der Waals surface area contributed by atoms with Crippen molar-refractivity contribution < 1.29 is 5.11 Å². The van der Waals surface area contributed by atoms with Gasteiger partial charge in [0.05, 0.1) is 5.69 Å². The van der Waals surface area contributed by atoms with Crippen LogP contribution in [0.5, 0.6) is 0 Å². The first-order chi connectivity index (χ1) is 7.72. The van der Waals surface area contributed by atoms with Crippen LogP contribution < -0.4 is 4.90 Å². The van der Waals surface area contributed by atoms with Crippen molar-refractivity contribution in [3.8, 4) is 5.69 Å². The average molecular weight is 219 g/mol. The molecule has 0 aliphatic carbocycles. The van der Waals surface area contributed by atoms with E-state index in [4.69, 9.17) is 5.11 Å². The Morgan fingerprint density at radius 2 is 1.94 bits per heavy atom. The summed E-state index contributed by atoms with van der Waals surface area (Å²) in [6.45, 7) is -0.178. The molecule has 84 valence electrons. The molecule has 1 aromatic heterocycles. The maximum atomic E-state index is 9.04. The second-order valence-electron chi connectivity index (χ2n) is 3.58. The number of hydrogen-bond donors (Lipinski definition) is 1. The van der Waals surface area contributed by atoms with Crippen molar-refractivity contribution in [2.45, 2.75) is 6.61 Å². The lowest BCUT2D eigenvalue weighted by molar-refractivity contribution is 0.268. The highest BCUT2D eigenvalue weighted by Crippen LogP contribution is 2.15. The van der Waals surface area contributed by atoms with Crippen molar-refractivity contribution in [1.29, 1.82) is 0 Å². The van der Waals surface area contributed by atoms with E-state index < -0.39 is 0 Å². The third-order valence-corrected chi connectivity index (χ3v) is 2.29. The molecule has 1 N–H and O–H groups in total. The van der Waals surface area contributed by atoms with E-state index in [1.165, 1.54) is 4.68 Å². The predicted octanol–water partition coefficient (Wildman–Crippen LogP) is 0.221. The molecule has 1 heterocycles. The summed E-state index contributed by atoms with van der Waals surface area (Å²) >= 11 is 0. The molecule has 6 heteroatoms. The maximum Gasteiger partial charge on any atom is 0.182 e. The van der Waals surface area contributed by atoms with Crippen LogP contribution in [0.25, 0.3) is 5.69 Å². The average Bonchev–Trinajstić information content (AvgIpc) is 2.77. The number of nitrogens with zero attached hydrogens (tertiary/aromatic N) is 5. The van der Waals surface area contributed by atoms with Gasteiger partial charge in [0.1, 0.15) is 6.61 Å². The smallest absolute Gasteiger partial charge is 0.182 e. The minimum atomic E-state index is -0.178. The standard InChI is InChI=1S/C10H13N5O/c1-14(2)8-3-5-9(6-4-8)15-10(7-16)11-12-13-15/h3-6,16H,7H2,1-2H3. The number of aliphatic hydroxyl groups excluding tert-OH is 1. The van der Waals surface area contributed by atoms with Gasteiger partial charge in [-0.25, -0.2) is 0 Å². The van der Waals surface area contributed by atoms with Crippen molar-refractivity contribution in [2.75, 3.05) is 19.0 Å². The summed E-state index contributed by atoms with van der Waals surface area (Å²) in [5.74, 6) is 0.428. The Morgan fingerprint density at radius 1 is 1.25 bits per heavy atom. The highest BCUT2D eigenvalue weighted by molar-refractivity contribution is 5.49. The number of rotatable bonds is 3. The molecular formula is C10H13N5O. The number of benzene rings is 1. The Labute approximate surface area is 93.1 Å². The molecule has 0 radical (unpaired) electrons. The van der Waals surface area contributed by atoms with E-state index in [1.54, 1.807) is 0 Å². The van der Waals surface area contributed by atoms with Gasteiger partial charge in [0.2, 0.25) is 0 Å². The van der Waals surface area contributed by atoms with Crippen LogP contribution in [0.4, 0.5) is 5.69 Å². The van der Waals surface area contributed by atoms with Gasteiger partial charge in [-0.15, -0.1) is 5.10 Å². The fourth-order valence-electron chi connectivity index (χ4n) is 1.40. The lowest BCUT2D eigenvalue weighted by Crippen LogP contribution is -2.09. The van der Waals surface area contributed by atoms with Gasteiger partial charge in [0.25, 0.3) is 0 Å². The van der Waals surface area contributed by atoms with E-state index in [1.807, 2.05) is 43.3 Å². The fourth-order valence-corrected chi connectivity index (χ4v) is 1.40. The molecule has 16 heavy (non-hydrogen) atoms. The Kier molecular flexibility index (Phi) is 2.82. The van der Waals surface area contributed by atoms with Crippen molar-refractivity contribution in [3.63, 3.8) is 0 Å². The van der Waals surface area contributed by atoms with Crippen LogP contribution in [-0.2, 0) is 6.61 Å². The lowest BCUT2D eigenvalue weighted by Gasteiger charge is -2.12. The molecular weight excluding hydrogens is 206 g/mol. The van der Waals surface area contributed by atoms with Gasteiger partial charge in [-0.1, -0.05) is 0 Å². The third kappa shape index (κ3) is 1.87. The van der Waals surface area contributed by atoms with E-state index in [0.717, 1.165) is 11.4 Å². The topological polar surface area (TPSA) is 67.1 Å². The minimum Gasteiger partial charge on any atom is -0.388 e. The molecule has 1 aromatic carbocycles. The Balaban J connectivity index is 2.35. The number of aliphatic hydroxyl groups is 1. The monoisotopic (exact) mass is 219 g/mol. The van der Waals surface area contributed by atoms with Gasteiger partial charge in [0, 0.05) is 19.8 Å². The molecule has 0 aliphatic heterocycles. The van der Waals surface area contributed by atoms with Gasteiger partial charge < -0.3 is 10.0 Å². The van der Waals surface area contributed by atoms with E-state index >= 15 is 0 Å². The van der Waals surface area contributed by atoms with Gasteiger partial charge in [-0.05, 0) is 34.7 Å². The first-order valence-electron chi connectivity index (χ1n) is 4.88. The molecule has 0 spiro atoms. The van der Waals surface area contributed by atoms with Crippen LogP contribution in [0.3, 0.4) is 0 Å². The molecule has 2 aromatic rings. The van der Waals surface area contributed by atoms with E-state index in [2.05, 4.69) is 15.5 Å². The lowest BCUT2D eigenvalue weighted by atomic mass is 10.2. The molecule has 0 unspecified atom stereocenters. The largest absolute Gasteiger partial charge is 0.388 e. The second kappa shape index (κ2) is 4.28. The van der Waals surface area contributed by atoms with E-state index in [-0.39, 0.29) is 6.61 Å². The summed E-state index contributed by atoms with van der Waals surface area (Å²) < 4.78 is 1.51. The summed E-state index contributed by atoms with van der Waals surface area (Å²) in [5, 5.41) is 20.1. The number of anilines is 1. The number of aromatic nitrogens is 4. The molecule has 0 saturated carbocycles. The van der Waals surface area contributed by atoms with Crippen molar-refractivity contribution >= 4 is 5.69 Å². The molecule has 0 bridgehead atoms. The maximum absolute atomic E-state index is 9.04. The number of tetrazole rings is 1. The van der Waals surface area contributed by atoms with E-state index in [9.17, 15) is 0 Å². The van der Waals surface area contributed by atoms with Gasteiger partial charge in [-0.2, -0.15) is 4.68 Å². The number of hydrogen-bond acceptors (Lipinski definition) is 5. The van der Waals surface area contributed by atoms with Crippen LogP contribution in [0, 0.1) is 0 Å². The van der Waals surface area contributed by atoms with Crippen LogP contribution in [0.15, 0.2) is 24.3 Å². The molecule has 0 saturated heterocycles. The van der Waals surface area contributed by atoms with Crippen LogP contribution in [0.1, 0.15) is 5.82 Å². The molecule has 2 rings (SSSR count). The first-order valence-corrected chi connectivity index (χ1v) is 4.88. The SMILES string of the molecule is CN(C)c1ccc(-n2nnnc2CO)cc1. The Hall–Kier alpha value is -1.95. The van der Waals surface area contributed by atoms with Crippen LogP contribution in [-0.4, -0.2) is 39.4 Å². The van der Waals surface area contributed by atoms with Gasteiger partial charge in [-0.3, -0.25) is 0 Å². The highest BCUT2D eigenvalue weighted by atomic mass is 16.3. The minimum absolute atomic E-state index is 0.178. The first kappa shape index (κ1) is 10.6. The Bertz CT molecular complexity index is 462. The van der Waals surface area contributed by atoms with Gasteiger partial charge >= 0.3 is 0 Å². The second-order valence-corrected chi connectivity index (χ2v) is 3.58. The van der Waals surface area contributed by atoms with E-state index in [0.29, 0.717) is 5.82 Å². The van der Waals surface area contributed by atoms with Crippen molar-refractivity contribution in [3.05, 3.63) is 30.1 Å². The molecule has 0 amide bonds. The fraction of sp³-hybridized carbons (Fsp3) is 0.300. The van der Waals surface area contributed by atoms with Gasteiger partial charge in [0.15, 0.2) is 5.82 Å². The molecule has 0 fully saturated rings. The van der Waals surface area contributed by atoms with Crippen molar-refractivity contribution in [1.82, 2.24) is 20.2 Å². The predicted molar refractivity (Wildman–Crippen MR) is 59.4 cm³/mol. The summed E-state index contributed by atoms with van der Waals surface area (Å²) in [6, 6.07) is 7.76. The summed E-state index contributed by atoms with van der Waals surface area (Å²) in [4.78, 5) is 2.01. The summed E-state index contributed by atoms with van der Waals surface area (Å²) in [5.41, 5.74) is 1.93. The normalized spacial score (nSPS) is 10.4. The quantitative estimate of drug-likeness (QED) is 0.800. The molecule has 0 aliphatic rings. The third-order valence-electron chi connectivity index (χ3n) is 2.29. The van der Waals surface area contributed by atoms with Crippen LogP contribution in [0.2, 0.25) is 0 Å². The zero-order valence-corrected chi connectivity index (χ0v) is 9.20. The van der Waals surface area contributed by atoms with Crippen molar-refractivity contribution in [2.24, 2.45) is 0 Å². The summed E-state index contributed by atoms with van der Waals surface area (Å²) in [7, 11) is 3.95. The molecule has 6 nitrogen and oxygen atoms in total. The zero-order valence-electron chi connectivity index (χ0n) is 9.20.